The molecule has 2 atom stereocenters. The van der Waals surface area contributed by atoms with E-state index in [0.29, 0.717) is 0 Å². The number of carbonyl (C=O) groups is 1. The van der Waals surface area contributed by atoms with E-state index < -0.39 is 0 Å². The fourth-order valence-electron chi connectivity index (χ4n) is 1.09. The highest BCUT2D eigenvalue weighted by Gasteiger charge is 2.23. The number of carbonyl (C=O) groups excluding carboxylic acids is 1. The van der Waals surface area contributed by atoms with E-state index in [2.05, 4.69) is 17.9 Å². The number of likely N-dealkylation sites (N-methyl/N-ethyl adjacent to an activating group) is 1. The van der Waals surface area contributed by atoms with Crippen molar-refractivity contribution in [2.75, 3.05) is 6.54 Å². The lowest BCUT2D eigenvalue weighted by Gasteiger charge is -2.21. The highest BCUT2D eigenvalue weighted by atomic mass is 32.1. The predicted molar refractivity (Wildman–Crippen MR) is 55.8 cm³/mol. The van der Waals surface area contributed by atoms with Gasteiger partial charge in [0.2, 0.25) is 0 Å². The number of hydrogen-bond donors (Lipinski definition) is 2. The maximum absolute atomic E-state index is 11.6. The molecule has 2 nitrogen and oxygen atoms in total. The van der Waals surface area contributed by atoms with Crippen molar-refractivity contribution >= 4 is 18.4 Å². The van der Waals surface area contributed by atoms with Crippen molar-refractivity contribution in [2.45, 2.75) is 39.0 Å². The molecule has 0 aliphatic rings. The van der Waals surface area contributed by atoms with Crippen LogP contribution in [-0.2, 0) is 4.79 Å². The molecule has 0 aromatic heterocycles. The van der Waals surface area contributed by atoms with Crippen LogP contribution in [0.15, 0.2) is 0 Å². The van der Waals surface area contributed by atoms with E-state index in [0.717, 1.165) is 6.54 Å². The summed E-state index contributed by atoms with van der Waals surface area (Å²) in [5, 5.41) is 3.22. The quantitative estimate of drug-likeness (QED) is 0.642. The lowest BCUT2D eigenvalue weighted by Crippen LogP contribution is -2.44. The number of hydrogen-bond acceptors (Lipinski definition) is 3. The van der Waals surface area contributed by atoms with Crippen molar-refractivity contribution in [3.63, 3.8) is 0 Å². The summed E-state index contributed by atoms with van der Waals surface area (Å²) in [6, 6.07) is -0.0988. The standard InChI is InChI=1S/C9H19NOS/c1-5-10-8(7(4)12)9(11)6(2)3/h6-8,10,12H,5H2,1-4H3. The second kappa shape index (κ2) is 5.60. The van der Waals surface area contributed by atoms with Gasteiger partial charge in [-0.25, -0.2) is 0 Å². The zero-order valence-electron chi connectivity index (χ0n) is 8.29. The summed E-state index contributed by atoms with van der Waals surface area (Å²) in [5.74, 6) is 0.336. The van der Waals surface area contributed by atoms with Gasteiger partial charge in [-0.15, -0.1) is 0 Å². The largest absolute Gasteiger partial charge is 0.307 e. The molecule has 0 saturated heterocycles. The van der Waals surface area contributed by atoms with Gasteiger partial charge in [-0.1, -0.05) is 27.7 Å². The Labute approximate surface area is 80.5 Å². The fraction of sp³-hybridized carbons (Fsp3) is 0.889. The lowest BCUT2D eigenvalue weighted by atomic mass is 9.99. The third-order valence-electron chi connectivity index (χ3n) is 1.78. The van der Waals surface area contributed by atoms with Crippen LogP contribution in [0, 0.1) is 5.92 Å². The van der Waals surface area contributed by atoms with E-state index >= 15 is 0 Å². The maximum atomic E-state index is 11.6. The average molecular weight is 189 g/mol. The summed E-state index contributed by atoms with van der Waals surface area (Å²) in [4.78, 5) is 11.6. The van der Waals surface area contributed by atoms with Gasteiger partial charge in [0.25, 0.3) is 0 Å². The smallest absolute Gasteiger partial charge is 0.153 e. The molecule has 0 rings (SSSR count). The van der Waals surface area contributed by atoms with Crippen LogP contribution < -0.4 is 5.32 Å². The van der Waals surface area contributed by atoms with E-state index in [1.165, 1.54) is 0 Å². The van der Waals surface area contributed by atoms with Gasteiger partial charge >= 0.3 is 0 Å². The number of ketones is 1. The zero-order valence-corrected chi connectivity index (χ0v) is 9.19. The molecule has 2 unspecified atom stereocenters. The van der Waals surface area contributed by atoms with Crippen LogP contribution in [0.25, 0.3) is 0 Å². The van der Waals surface area contributed by atoms with E-state index in [4.69, 9.17) is 0 Å². The number of nitrogens with one attached hydrogen (secondary N) is 1. The molecular formula is C9H19NOS. The molecule has 12 heavy (non-hydrogen) atoms. The molecule has 0 radical (unpaired) electrons. The van der Waals surface area contributed by atoms with E-state index in [-0.39, 0.29) is 23.0 Å². The Bertz CT molecular complexity index is 145. The van der Waals surface area contributed by atoms with E-state index in [9.17, 15) is 4.79 Å². The van der Waals surface area contributed by atoms with Crippen LogP contribution in [-0.4, -0.2) is 23.6 Å². The molecule has 3 heteroatoms. The second-order valence-electron chi connectivity index (χ2n) is 3.33. The number of thiol groups is 1. The summed E-state index contributed by atoms with van der Waals surface area (Å²) < 4.78 is 0. The normalized spacial score (nSPS) is 16.2. The Morgan fingerprint density at radius 2 is 1.92 bits per heavy atom. The number of rotatable bonds is 5. The Kier molecular flexibility index (Phi) is 5.59. The molecule has 1 N–H and O–H groups in total. The molecule has 0 spiro atoms. The van der Waals surface area contributed by atoms with E-state index in [1.54, 1.807) is 0 Å². The molecule has 0 fully saturated rings. The monoisotopic (exact) mass is 189 g/mol. The fourth-order valence-corrected chi connectivity index (χ4v) is 1.34. The highest BCUT2D eigenvalue weighted by Crippen LogP contribution is 2.08. The van der Waals surface area contributed by atoms with Gasteiger partial charge in [0.05, 0.1) is 6.04 Å². The molecule has 0 aromatic carbocycles. The van der Waals surface area contributed by atoms with Crippen LogP contribution in [0.3, 0.4) is 0 Å². The van der Waals surface area contributed by atoms with Gasteiger partial charge in [0.1, 0.15) is 0 Å². The molecule has 72 valence electrons. The maximum Gasteiger partial charge on any atom is 0.153 e. The first kappa shape index (κ1) is 12.0. The summed E-state index contributed by atoms with van der Waals surface area (Å²) in [6.07, 6.45) is 0. The molecule has 0 saturated carbocycles. The van der Waals surface area contributed by atoms with Crippen LogP contribution in [0.2, 0.25) is 0 Å². The van der Waals surface area contributed by atoms with Gasteiger partial charge in [-0.2, -0.15) is 12.6 Å². The van der Waals surface area contributed by atoms with Crippen molar-refractivity contribution in [1.29, 1.82) is 0 Å². The van der Waals surface area contributed by atoms with Gasteiger partial charge in [-0.3, -0.25) is 4.79 Å². The van der Waals surface area contributed by atoms with Crippen LogP contribution >= 0.6 is 12.6 Å². The van der Waals surface area contributed by atoms with Crippen LogP contribution in [0.1, 0.15) is 27.7 Å². The first-order valence-corrected chi connectivity index (χ1v) is 4.97. The summed E-state index contributed by atoms with van der Waals surface area (Å²) in [6.45, 7) is 8.59. The second-order valence-corrected chi connectivity index (χ2v) is 4.15. The molecule has 0 aromatic rings. The predicted octanol–water partition coefficient (Wildman–Crippen LogP) is 1.51. The molecule has 0 amide bonds. The van der Waals surface area contributed by atoms with E-state index in [1.807, 2.05) is 27.7 Å². The van der Waals surface area contributed by atoms with Crippen LogP contribution in [0.5, 0.6) is 0 Å². The SMILES string of the molecule is CCNC(C(=O)C(C)C)C(C)S. The van der Waals surface area contributed by atoms with Crippen molar-refractivity contribution in [2.24, 2.45) is 5.92 Å². The Hall–Kier alpha value is -0.0200. The summed E-state index contributed by atoms with van der Waals surface area (Å²) in [5.41, 5.74) is 0. The molecule has 0 aliphatic heterocycles. The van der Waals surface area contributed by atoms with Gasteiger partial charge in [0, 0.05) is 11.2 Å². The lowest BCUT2D eigenvalue weighted by molar-refractivity contribution is -0.123. The first-order chi connectivity index (χ1) is 5.50. The third kappa shape index (κ3) is 3.59. The van der Waals surface area contributed by atoms with Crippen molar-refractivity contribution in [3.05, 3.63) is 0 Å². The van der Waals surface area contributed by atoms with Gasteiger partial charge in [-0.05, 0) is 6.54 Å². The van der Waals surface area contributed by atoms with Gasteiger partial charge < -0.3 is 5.32 Å². The molecule has 0 bridgehead atoms. The zero-order chi connectivity index (χ0) is 9.72. The molecular weight excluding hydrogens is 170 g/mol. The third-order valence-corrected chi connectivity index (χ3v) is 2.08. The minimum absolute atomic E-state index is 0.0832. The Morgan fingerprint density at radius 1 is 1.42 bits per heavy atom. The van der Waals surface area contributed by atoms with Crippen molar-refractivity contribution in [1.82, 2.24) is 5.32 Å². The van der Waals surface area contributed by atoms with Crippen molar-refractivity contribution in [3.8, 4) is 0 Å². The molecule has 0 aliphatic carbocycles. The minimum Gasteiger partial charge on any atom is -0.307 e. The van der Waals surface area contributed by atoms with Gasteiger partial charge in [0.15, 0.2) is 5.78 Å². The molecule has 0 heterocycles. The first-order valence-electron chi connectivity index (χ1n) is 4.45. The van der Waals surface area contributed by atoms with Crippen molar-refractivity contribution < 1.29 is 4.79 Å². The topological polar surface area (TPSA) is 29.1 Å². The highest BCUT2D eigenvalue weighted by molar-refractivity contribution is 7.81. The minimum atomic E-state index is -0.0988. The Balaban J connectivity index is 4.19. The number of Topliss-reactive ketones (excluding diaryl/α,β-unsaturated/α-hetero) is 1. The van der Waals surface area contributed by atoms with Crippen LogP contribution in [0.4, 0.5) is 0 Å². The average Bonchev–Trinajstić information content (AvgIpc) is 1.98. The Morgan fingerprint density at radius 3 is 2.17 bits per heavy atom. The summed E-state index contributed by atoms with van der Waals surface area (Å²) >= 11 is 4.28. The summed E-state index contributed by atoms with van der Waals surface area (Å²) in [7, 11) is 0.